The maximum Gasteiger partial charge on any atom is 0.165 e. The number of hydrogen-bond acceptors (Lipinski definition) is 3. The van der Waals surface area contributed by atoms with E-state index in [2.05, 4.69) is 4.98 Å². The number of methoxy groups -OCH3 is 1. The molecule has 0 spiro atoms. The third-order valence-electron chi connectivity index (χ3n) is 2.02. The highest BCUT2D eigenvalue weighted by molar-refractivity contribution is 7.13. The highest BCUT2D eigenvalue weighted by Crippen LogP contribution is 2.28. The van der Waals surface area contributed by atoms with Crippen LogP contribution in [0.15, 0.2) is 23.6 Å². The molecule has 2 rings (SSSR count). The molecule has 2 nitrogen and oxygen atoms in total. The number of aromatic nitrogens is 1. The van der Waals surface area contributed by atoms with Crippen molar-refractivity contribution >= 4 is 11.3 Å². The lowest BCUT2D eigenvalue weighted by atomic mass is 10.2. The van der Waals surface area contributed by atoms with Crippen molar-refractivity contribution in [3.8, 4) is 16.3 Å². The molecule has 78 valence electrons. The molecule has 1 aromatic carbocycles. The van der Waals surface area contributed by atoms with E-state index >= 15 is 0 Å². The number of hydrogen-bond donors (Lipinski definition) is 0. The van der Waals surface area contributed by atoms with E-state index in [9.17, 15) is 4.39 Å². The third-order valence-corrected chi connectivity index (χ3v) is 3.03. The lowest BCUT2D eigenvalue weighted by molar-refractivity contribution is 0.387. The summed E-state index contributed by atoms with van der Waals surface area (Å²) in [7, 11) is 1.45. The van der Waals surface area contributed by atoms with Gasteiger partial charge in [0.15, 0.2) is 11.6 Å². The highest BCUT2D eigenvalue weighted by Gasteiger charge is 2.07. The van der Waals surface area contributed by atoms with Crippen molar-refractivity contribution in [1.29, 1.82) is 0 Å². The van der Waals surface area contributed by atoms with E-state index in [1.807, 2.05) is 12.3 Å². The minimum absolute atomic E-state index is 0.250. The van der Waals surface area contributed by atoms with Crippen LogP contribution >= 0.6 is 11.3 Å². The van der Waals surface area contributed by atoms with Crippen molar-refractivity contribution in [3.63, 3.8) is 0 Å². The molecule has 0 saturated heterocycles. The molecular weight excluding hydrogens is 213 g/mol. The van der Waals surface area contributed by atoms with Crippen LogP contribution in [-0.2, 0) is 0 Å². The molecular formula is C11H10FNOS. The Morgan fingerprint density at radius 2 is 2.20 bits per heavy atom. The van der Waals surface area contributed by atoms with Gasteiger partial charge in [0.05, 0.1) is 7.11 Å². The monoisotopic (exact) mass is 223 g/mol. The summed E-state index contributed by atoms with van der Waals surface area (Å²) < 4.78 is 18.1. The summed E-state index contributed by atoms with van der Waals surface area (Å²) in [5.74, 6) is -0.102. The quantitative estimate of drug-likeness (QED) is 0.779. The molecule has 0 radical (unpaired) electrons. The normalized spacial score (nSPS) is 10.3. The fourth-order valence-corrected chi connectivity index (χ4v) is 2.07. The first-order chi connectivity index (χ1) is 7.20. The SMILES string of the molecule is COc1cc(-c2nc(C)cs2)ccc1F. The van der Waals surface area contributed by atoms with Gasteiger partial charge < -0.3 is 4.74 Å². The molecule has 0 amide bonds. The average Bonchev–Trinajstić information content (AvgIpc) is 2.66. The Balaban J connectivity index is 2.45. The average molecular weight is 223 g/mol. The number of rotatable bonds is 2. The van der Waals surface area contributed by atoms with E-state index in [1.165, 1.54) is 24.5 Å². The standard InChI is InChI=1S/C11H10FNOS/c1-7-6-15-11(13-7)8-3-4-9(12)10(5-8)14-2/h3-6H,1-2H3. The Bertz CT molecular complexity index is 481. The van der Waals surface area contributed by atoms with Crippen molar-refractivity contribution in [1.82, 2.24) is 4.98 Å². The summed E-state index contributed by atoms with van der Waals surface area (Å²) in [6, 6.07) is 4.76. The highest BCUT2D eigenvalue weighted by atomic mass is 32.1. The van der Waals surface area contributed by atoms with Gasteiger partial charge in [-0.15, -0.1) is 11.3 Å². The summed E-state index contributed by atoms with van der Waals surface area (Å²) in [6.45, 7) is 1.93. The zero-order chi connectivity index (χ0) is 10.8. The third kappa shape index (κ3) is 1.99. The minimum Gasteiger partial charge on any atom is -0.494 e. The topological polar surface area (TPSA) is 22.1 Å². The molecule has 4 heteroatoms. The number of nitrogens with zero attached hydrogens (tertiary/aromatic N) is 1. The van der Waals surface area contributed by atoms with Crippen LogP contribution in [0.25, 0.3) is 10.6 Å². The Morgan fingerprint density at radius 1 is 1.40 bits per heavy atom. The summed E-state index contributed by atoms with van der Waals surface area (Å²) >= 11 is 1.54. The lowest BCUT2D eigenvalue weighted by Gasteiger charge is -2.03. The molecule has 0 fully saturated rings. The van der Waals surface area contributed by atoms with Crippen molar-refractivity contribution in [2.75, 3.05) is 7.11 Å². The zero-order valence-corrected chi connectivity index (χ0v) is 9.27. The van der Waals surface area contributed by atoms with Gasteiger partial charge in [0.25, 0.3) is 0 Å². The van der Waals surface area contributed by atoms with Gasteiger partial charge in [0.1, 0.15) is 5.01 Å². The second-order valence-corrected chi connectivity index (χ2v) is 4.00. The fraction of sp³-hybridized carbons (Fsp3) is 0.182. The first kappa shape index (κ1) is 10.1. The van der Waals surface area contributed by atoms with Gasteiger partial charge in [0, 0.05) is 16.6 Å². The van der Waals surface area contributed by atoms with Gasteiger partial charge >= 0.3 is 0 Å². The van der Waals surface area contributed by atoms with Crippen LogP contribution in [0.1, 0.15) is 5.69 Å². The molecule has 0 saturated carbocycles. The number of thiazole rings is 1. The van der Waals surface area contributed by atoms with Crippen molar-refractivity contribution in [2.24, 2.45) is 0 Å². The Hall–Kier alpha value is -1.42. The summed E-state index contributed by atoms with van der Waals surface area (Å²) in [5.41, 5.74) is 1.85. The van der Waals surface area contributed by atoms with Crippen LogP contribution in [0.2, 0.25) is 0 Å². The van der Waals surface area contributed by atoms with Crippen molar-refractivity contribution < 1.29 is 9.13 Å². The first-order valence-corrected chi connectivity index (χ1v) is 5.34. The number of aryl methyl sites for hydroxylation is 1. The van der Waals surface area contributed by atoms with Gasteiger partial charge in [-0.3, -0.25) is 0 Å². The van der Waals surface area contributed by atoms with Crippen LogP contribution in [0.5, 0.6) is 5.75 Å². The molecule has 0 bridgehead atoms. The zero-order valence-electron chi connectivity index (χ0n) is 8.45. The molecule has 2 aromatic rings. The van der Waals surface area contributed by atoms with E-state index in [1.54, 1.807) is 12.1 Å². The van der Waals surface area contributed by atoms with Gasteiger partial charge in [-0.25, -0.2) is 9.37 Å². The number of benzene rings is 1. The molecule has 1 aromatic heterocycles. The fourth-order valence-electron chi connectivity index (χ4n) is 1.28. The molecule has 0 atom stereocenters. The van der Waals surface area contributed by atoms with E-state index in [0.29, 0.717) is 0 Å². The van der Waals surface area contributed by atoms with Gasteiger partial charge in [-0.1, -0.05) is 0 Å². The van der Waals surface area contributed by atoms with Crippen LogP contribution in [0.4, 0.5) is 4.39 Å². The Kier molecular flexibility index (Phi) is 2.68. The van der Waals surface area contributed by atoms with Crippen molar-refractivity contribution in [2.45, 2.75) is 6.92 Å². The van der Waals surface area contributed by atoms with E-state index in [-0.39, 0.29) is 11.6 Å². The maximum atomic E-state index is 13.1. The van der Waals surface area contributed by atoms with E-state index < -0.39 is 0 Å². The van der Waals surface area contributed by atoms with Crippen LogP contribution < -0.4 is 4.74 Å². The molecule has 0 N–H and O–H groups in total. The maximum absolute atomic E-state index is 13.1. The molecule has 0 aliphatic carbocycles. The number of ether oxygens (including phenoxy) is 1. The molecule has 15 heavy (non-hydrogen) atoms. The van der Waals surface area contributed by atoms with E-state index in [4.69, 9.17) is 4.74 Å². The molecule has 0 aliphatic heterocycles. The second-order valence-electron chi connectivity index (χ2n) is 3.14. The summed E-state index contributed by atoms with van der Waals surface area (Å²) in [4.78, 5) is 4.33. The first-order valence-electron chi connectivity index (χ1n) is 4.47. The molecule has 1 heterocycles. The van der Waals surface area contributed by atoms with Crippen LogP contribution in [0, 0.1) is 12.7 Å². The summed E-state index contributed by atoms with van der Waals surface area (Å²) in [6.07, 6.45) is 0. The molecule has 0 unspecified atom stereocenters. The van der Waals surface area contributed by atoms with Crippen LogP contribution in [-0.4, -0.2) is 12.1 Å². The van der Waals surface area contributed by atoms with Crippen LogP contribution in [0.3, 0.4) is 0 Å². The Labute approximate surface area is 91.4 Å². The lowest BCUT2D eigenvalue weighted by Crippen LogP contribution is -1.88. The predicted octanol–water partition coefficient (Wildman–Crippen LogP) is 3.27. The van der Waals surface area contributed by atoms with Gasteiger partial charge in [0.2, 0.25) is 0 Å². The second kappa shape index (κ2) is 3.98. The number of halogens is 1. The minimum atomic E-state index is -0.352. The smallest absolute Gasteiger partial charge is 0.165 e. The largest absolute Gasteiger partial charge is 0.494 e. The Morgan fingerprint density at radius 3 is 2.80 bits per heavy atom. The van der Waals surface area contributed by atoms with Crippen molar-refractivity contribution in [3.05, 3.63) is 35.1 Å². The summed E-state index contributed by atoms with van der Waals surface area (Å²) in [5, 5.41) is 2.84. The predicted molar refractivity (Wildman–Crippen MR) is 58.8 cm³/mol. The van der Waals surface area contributed by atoms with E-state index in [0.717, 1.165) is 16.3 Å². The van der Waals surface area contributed by atoms with Gasteiger partial charge in [-0.05, 0) is 25.1 Å². The van der Waals surface area contributed by atoms with Gasteiger partial charge in [-0.2, -0.15) is 0 Å². The molecule has 0 aliphatic rings.